The van der Waals surface area contributed by atoms with Crippen molar-refractivity contribution in [2.75, 3.05) is 5.75 Å². The van der Waals surface area contributed by atoms with E-state index in [4.69, 9.17) is 5.26 Å². The van der Waals surface area contributed by atoms with E-state index in [-0.39, 0.29) is 5.82 Å². The van der Waals surface area contributed by atoms with Gasteiger partial charge in [0, 0.05) is 17.7 Å². The van der Waals surface area contributed by atoms with Gasteiger partial charge in [0.25, 0.3) is 0 Å². The normalized spacial score (nSPS) is 10.6. The van der Waals surface area contributed by atoms with E-state index in [0.29, 0.717) is 18.8 Å². The molecule has 2 aromatic carbocycles. The molecule has 0 unspecified atom stereocenters. The Morgan fingerprint density at radius 2 is 1.80 bits per heavy atom. The monoisotopic (exact) mass is 352 g/mol. The third-order valence-electron chi connectivity index (χ3n) is 3.67. The molecule has 4 nitrogen and oxygen atoms in total. The number of nitrogens with zero attached hydrogens (tertiary/aromatic N) is 4. The van der Waals surface area contributed by atoms with Crippen LogP contribution in [0.25, 0.3) is 11.4 Å². The van der Waals surface area contributed by atoms with Gasteiger partial charge >= 0.3 is 0 Å². The van der Waals surface area contributed by atoms with Crippen molar-refractivity contribution in [3.63, 3.8) is 0 Å². The molecule has 0 radical (unpaired) electrons. The Hall–Kier alpha value is -2.65. The van der Waals surface area contributed by atoms with E-state index in [1.807, 2.05) is 22.8 Å². The molecule has 0 saturated carbocycles. The van der Waals surface area contributed by atoms with E-state index >= 15 is 0 Å². The summed E-state index contributed by atoms with van der Waals surface area (Å²) in [5, 5.41) is 18.1. The molecule has 25 heavy (non-hydrogen) atoms. The van der Waals surface area contributed by atoms with Gasteiger partial charge in [-0.3, -0.25) is 4.57 Å². The minimum atomic E-state index is -0.274. The predicted molar refractivity (Wildman–Crippen MR) is 96.5 cm³/mol. The average Bonchev–Trinajstić information content (AvgIpc) is 3.03. The first-order valence-electron chi connectivity index (χ1n) is 8.01. The molecule has 126 valence electrons. The van der Waals surface area contributed by atoms with Crippen LogP contribution in [0.2, 0.25) is 0 Å². The Kier molecular flexibility index (Phi) is 5.81. The van der Waals surface area contributed by atoms with Gasteiger partial charge in [-0.1, -0.05) is 42.1 Å². The van der Waals surface area contributed by atoms with Crippen LogP contribution in [0.1, 0.15) is 18.4 Å². The molecule has 0 N–H and O–H groups in total. The number of rotatable bonds is 7. The molecule has 0 saturated heterocycles. The third kappa shape index (κ3) is 4.46. The lowest BCUT2D eigenvalue weighted by Gasteiger charge is -2.10. The number of hydrogen-bond acceptors (Lipinski definition) is 4. The van der Waals surface area contributed by atoms with Crippen LogP contribution in [0.15, 0.2) is 59.8 Å². The number of benzene rings is 2. The summed E-state index contributed by atoms with van der Waals surface area (Å²) in [6, 6.07) is 18.5. The first-order chi connectivity index (χ1) is 12.3. The van der Waals surface area contributed by atoms with Crippen molar-refractivity contribution >= 4 is 11.8 Å². The summed E-state index contributed by atoms with van der Waals surface area (Å²) in [6.07, 6.45) is 1.34. The Bertz CT molecular complexity index is 853. The molecule has 0 amide bonds. The van der Waals surface area contributed by atoms with Crippen LogP contribution in [0.3, 0.4) is 0 Å². The molecule has 1 aromatic heterocycles. The number of aromatic nitrogens is 3. The maximum atomic E-state index is 13.2. The molecule has 6 heteroatoms. The molecule has 0 atom stereocenters. The fourth-order valence-electron chi connectivity index (χ4n) is 2.43. The maximum Gasteiger partial charge on any atom is 0.191 e. The van der Waals surface area contributed by atoms with Gasteiger partial charge in [0.1, 0.15) is 5.82 Å². The molecule has 0 spiro atoms. The van der Waals surface area contributed by atoms with Crippen molar-refractivity contribution in [1.82, 2.24) is 14.8 Å². The SMILES string of the molecule is N#CCCCSc1nnc(-c2ccc(F)cc2)n1Cc1ccccc1. The third-order valence-corrected chi connectivity index (χ3v) is 4.72. The smallest absolute Gasteiger partial charge is 0.191 e. The van der Waals surface area contributed by atoms with Crippen molar-refractivity contribution in [3.05, 3.63) is 66.0 Å². The molecule has 0 bridgehead atoms. The summed E-state index contributed by atoms with van der Waals surface area (Å²) in [5.74, 6) is 1.25. The summed E-state index contributed by atoms with van der Waals surface area (Å²) in [4.78, 5) is 0. The van der Waals surface area contributed by atoms with E-state index in [9.17, 15) is 4.39 Å². The second-order valence-corrected chi connectivity index (χ2v) is 6.56. The highest BCUT2D eigenvalue weighted by atomic mass is 32.2. The molecule has 3 rings (SSSR count). The van der Waals surface area contributed by atoms with Crippen LogP contribution in [0.4, 0.5) is 4.39 Å². The van der Waals surface area contributed by atoms with Gasteiger partial charge < -0.3 is 0 Å². The molecule has 0 aliphatic heterocycles. The summed E-state index contributed by atoms with van der Waals surface area (Å²) in [6.45, 7) is 0.640. The molecule has 3 aromatic rings. The van der Waals surface area contributed by atoms with E-state index in [0.717, 1.165) is 28.5 Å². The molecule has 1 heterocycles. The fraction of sp³-hybridized carbons (Fsp3) is 0.211. The lowest BCUT2D eigenvalue weighted by molar-refractivity contribution is 0.628. The van der Waals surface area contributed by atoms with E-state index < -0.39 is 0 Å². The van der Waals surface area contributed by atoms with E-state index in [1.54, 1.807) is 23.9 Å². The summed E-state index contributed by atoms with van der Waals surface area (Å²) >= 11 is 1.59. The Morgan fingerprint density at radius 3 is 2.52 bits per heavy atom. The minimum absolute atomic E-state index is 0.274. The topological polar surface area (TPSA) is 54.5 Å². The van der Waals surface area contributed by atoms with Crippen molar-refractivity contribution < 1.29 is 4.39 Å². The zero-order chi connectivity index (χ0) is 17.5. The number of unbranched alkanes of at least 4 members (excludes halogenated alkanes) is 1. The molecule has 0 fully saturated rings. The van der Waals surface area contributed by atoms with Crippen molar-refractivity contribution in [3.8, 4) is 17.5 Å². The zero-order valence-corrected chi connectivity index (χ0v) is 14.4. The lowest BCUT2D eigenvalue weighted by atomic mass is 10.2. The molecule has 0 aliphatic rings. The minimum Gasteiger partial charge on any atom is -0.298 e. The van der Waals surface area contributed by atoms with Gasteiger partial charge in [-0.05, 0) is 36.2 Å². The quantitative estimate of drug-likeness (QED) is 0.463. The maximum absolute atomic E-state index is 13.2. The summed E-state index contributed by atoms with van der Waals surface area (Å²) in [7, 11) is 0. The fourth-order valence-corrected chi connectivity index (χ4v) is 3.31. The average molecular weight is 352 g/mol. The van der Waals surface area contributed by atoms with Crippen LogP contribution < -0.4 is 0 Å². The highest BCUT2D eigenvalue weighted by Crippen LogP contribution is 2.26. The van der Waals surface area contributed by atoms with Gasteiger partial charge in [0.15, 0.2) is 11.0 Å². The first kappa shape index (κ1) is 17.2. The number of thioether (sulfide) groups is 1. The number of hydrogen-bond donors (Lipinski definition) is 0. The summed E-state index contributed by atoms with van der Waals surface area (Å²) in [5.41, 5.74) is 1.97. The Labute approximate surface area is 150 Å². The van der Waals surface area contributed by atoms with Crippen molar-refractivity contribution in [1.29, 1.82) is 5.26 Å². The van der Waals surface area contributed by atoms with E-state index in [2.05, 4.69) is 28.4 Å². The predicted octanol–water partition coefficient (Wildman–Crippen LogP) is 4.53. The van der Waals surface area contributed by atoms with Gasteiger partial charge in [-0.25, -0.2) is 4.39 Å². The first-order valence-corrected chi connectivity index (χ1v) is 8.99. The second kappa shape index (κ2) is 8.45. The van der Waals surface area contributed by atoms with Crippen LogP contribution in [0, 0.1) is 17.1 Å². The second-order valence-electron chi connectivity index (χ2n) is 5.49. The lowest BCUT2D eigenvalue weighted by Crippen LogP contribution is -2.04. The summed E-state index contributed by atoms with van der Waals surface area (Å²) < 4.78 is 15.3. The standard InChI is InChI=1S/C19H17FN4S/c20-17-10-8-16(9-11-17)18-22-23-19(25-13-5-4-12-21)24(18)14-15-6-2-1-3-7-15/h1-3,6-11H,4-5,13-14H2. The largest absolute Gasteiger partial charge is 0.298 e. The molecule has 0 aliphatic carbocycles. The zero-order valence-electron chi connectivity index (χ0n) is 13.6. The highest BCUT2D eigenvalue weighted by Gasteiger charge is 2.14. The Morgan fingerprint density at radius 1 is 1.04 bits per heavy atom. The Balaban J connectivity index is 1.90. The van der Waals surface area contributed by atoms with Crippen LogP contribution in [0.5, 0.6) is 0 Å². The van der Waals surface area contributed by atoms with Crippen molar-refractivity contribution in [2.24, 2.45) is 0 Å². The van der Waals surface area contributed by atoms with Crippen LogP contribution in [-0.2, 0) is 6.54 Å². The van der Waals surface area contributed by atoms with Crippen LogP contribution >= 0.6 is 11.8 Å². The van der Waals surface area contributed by atoms with E-state index in [1.165, 1.54) is 12.1 Å². The van der Waals surface area contributed by atoms with Gasteiger partial charge in [0.2, 0.25) is 0 Å². The molecular weight excluding hydrogens is 335 g/mol. The molecular formula is C19H17FN4S. The number of halogens is 1. The highest BCUT2D eigenvalue weighted by molar-refractivity contribution is 7.99. The van der Waals surface area contributed by atoms with Crippen LogP contribution in [-0.4, -0.2) is 20.5 Å². The number of nitriles is 1. The van der Waals surface area contributed by atoms with Gasteiger partial charge in [0.05, 0.1) is 12.6 Å². The van der Waals surface area contributed by atoms with Gasteiger partial charge in [-0.15, -0.1) is 10.2 Å². The van der Waals surface area contributed by atoms with Gasteiger partial charge in [-0.2, -0.15) is 5.26 Å². The van der Waals surface area contributed by atoms with Crippen molar-refractivity contribution in [2.45, 2.75) is 24.5 Å².